The van der Waals surface area contributed by atoms with E-state index >= 15 is 0 Å². The smallest absolute Gasteiger partial charge is 0.266 e. The van der Waals surface area contributed by atoms with Crippen LogP contribution in [0.1, 0.15) is 15.4 Å². The van der Waals surface area contributed by atoms with E-state index in [4.69, 9.17) is 11.6 Å². The number of halogens is 1. The largest absolute Gasteiger partial charge is 0.368 e. The summed E-state index contributed by atoms with van der Waals surface area (Å²) in [6.07, 6.45) is 1.57. The zero-order valence-corrected chi connectivity index (χ0v) is 17.0. The summed E-state index contributed by atoms with van der Waals surface area (Å²) in [6, 6.07) is 13.8. The van der Waals surface area contributed by atoms with Gasteiger partial charge in [-0.15, -0.1) is 0 Å². The second-order valence-electron chi connectivity index (χ2n) is 6.54. The molecule has 1 N–H and O–H groups in total. The minimum atomic E-state index is 0.0415. The fourth-order valence-corrected chi connectivity index (χ4v) is 4.21. The average molecular weight is 414 g/mol. The van der Waals surface area contributed by atoms with E-state index in [9.17, 15) is 4.79 Å². The van der Waals surface area contributed by atoms with Gasteiger partial charge in [0.25, 0.3) is 5.91 Å². The molecule has 0 bridgehead atoms. The lowest BCUT2D eigenvalue weighted by Crippen LogP contribution is -2.48. The number of aromatic nitrogens is 2. The summed E-state index contributed by atoms with van der Waals surface area (Å²) >= 11 is 7.22. The summed E-state index contributed by atoms with van der Waals surface area (Å²) < 4.78 is 0. The number of anilines is 3. The first-order valence-electron chi connectivity index (χ1n) is 9.05. The highest BCUT2D eigenvalue weighted by Gasteiger charge is 2.25. The van der Waals surface area contributed by atoms with Gasteiger partial charge in [0.2, 0.25) is 0 Å². The number of carbonyl (C=O) groups excluding carboxylic acids is 1. The Morgan fingerprint density at radius 3 is 2.54 bits per heavy atom. The van der Waals surface area contributed by atoms with Crippen molar-refractivity contribution in [2.24, 2.45) is 0 Å². The SMILES string of the molecule is Cc1nc(Nc2ccc(Cl)cn2)sc1C(=O)N1CCN(c2ccccc2)CC1. The van der Waals surface area contributed by atoms with Gasteiger partial charge in [-0.05, 0) is 31.2 Å². The number of benzene rings is 1. The molecular formula is C20H20ClN5OS. The predicted molar refractivity (Wildman–Crippen MR) is 114 cm³/mol. The van der Waals surface area contributed by atoms with Gasteiger partial charge < -0.3 is 15.1 Å². The molecule has 28 heavy (non-hydrogen) atoms. The van der Waals surface area contributed by atoms with Crippen LogP contribution in [0.3, 0.4) is 0 Å². The number of amides is 1. The van der Waals surface area contributed by atoms with Crippen molar-refractivity contribution in [1.29, 1.82) is 0 Å². The molecule has 3 aromatic rings. The number of piperazine rings is 1. The third-order valence-corrected chi connectivity index (χ3v) is 5.93. The Balaban J connectivity index is 1.41. The van der Waals surface area contributed by atoms with E-state index in [1.165, 1.54) is 17.0 Å². The Labute approximate surface area is 172 Å². The lowest BCUT2D eigenvalue weighted by atomic mass is 10.2. The van der Waals surface area contributed by atoms with Crippen molar-refractivity contribution in [1.82, 2.24) is 14.9 Å². The summed E-state index contributed by atoms with van der Waals surface area (Å²) in [5.74, 6) is 0.688. The first-order valence-corrected chi connectivity index (χ1v) is 10.2. The van der Waals surface area contributed by atoms with Gasteiger partial charge in [0.15, 0.2) is 5.13 Å². The monoisotopic (exact) mass is 413 g/mol. The molecule has 6 nitrogen and oxygen atoms in total. The molecule has 0 aliphatic carbocycles. The maximum atomic E-state index is 13.0. The summed E-state index contributed by atoms with van der Waals surface area (Å²) in [6.45, 7) is 4.92. The first-order chi connectivity index (χ1) is 13.6. The fourth-order valence-electron chi connectivity index (χ4n) is 3.16. The second kappa shape index (κ2) is 8.16. The number of aryl methyl sites for hydroxylation is 1. The van der Waals surface area contributed by atoms with E-state index in [2.05, 4.69) is 32.3 Å². The van der Waals surface area contributed by atoms with Crippen LogP contribution in [0.15, 0.2) is 48.7 Å². The number of carbonyl (C=O) groups is 1. The second-order valence-corrected chi connectivity index (χ2v) is 7.97. The zero-order chi connectivity index (χ0) is 19.5. The molecule has 0 spiro atoms. The van der Waals surface area contributed by atoms with Crippen molar-refractivity contribution in [2.75, 3.05) is 36.4 Å². The van der Waals surface area contributed by atoms with Crippen molar-refractivity contribution < 1.29 is 4.79 Å². The normalized spacial score (nSPS) is 14.2. The minimum absolute atomic E-state index is 0.0415. The van der Waals surface area contributed by atoms with Gasteiger partial charge in [-0.1, -0.05) is 41.1 Å². The quantitative estimate of drug-likeness (QED) is 0.694. The number of hydrogen-bond acceptors (Lipinski definition) is 6. The van der Waals surface area contributed by atoms with Crippen LogP contribution in [-0.4, -0.2) is 47.0 Å². The van der Waals surface area contributed by atoms with Crippen molar-refractivity contribution in [3.8, 4) is 0 Å². The molecule has 0 radical (unpaired) electrons. The average Bonchev–Trinajstić information content (AvgIpc) is 3.10. The number of para-hydroxylation sites is 1. The van der Waals surface area contributed by atoms with Gasteiger partial charge in [0.1, 0.15) is 10.7 Å². The van der Waals surface area contributed by atoms with Gasteiger partial charge in [-0.3, -0.25) is 4.79 Å². The Morgan fingerprint density at radius 2 is 1.86 bits per heavy atom. The zero-order valence-electron chi connectivity index (χ0n) is 15.4. The molecule has 1 saturated heterocycles. The Morgan fingerprint density at radius 1 is 1.11 bits per heavy atom. The van der Waals surface area contributed by atoms with Crippen LogP contribution in [0.5, 0.6) is 0 Å². The van der Waals surface area contributed by atoms with Crippen LogP contribution in [0, 0.1) is 6.92 Å². The maximum absolute atomic E-state index is 13.0. The van der Waals surface area contributed by atoms with Crippen molar-refractivity contribution in [2.45, 2.75) is 6.92 Å². The Hall–Kier alpha value is -2.64. The van der Waals surface area contributed by atoms with Gasteiger partial charge in [0, 0.05) is 38.1 Å². The van der Waals surface area contributed by atoms with Crippen LogP contribution in [0.4, 0.5) is 16.6 Å². The lowest BCUT2D eigenvalue weighted by Gasteiger charge is -2.36. The molecule has 3 heterocycles. The number of thiazole rings is 1. The van der Waals surface area contributed by atoms with E-state index in [-0.39, 0.29) is 5.91 Å². The molecule has 1 aliphatic rings. The summed E-state index contributed by atoms with van der Waals surface area (Å²) in [4.78, 5) is 26.6. The standard InChI is InChI=1S/C20H20ClN5OS/c1-14-18(28-20(23-14)24-17-8-7-15(21)13-22-17)19(27)26-11-9-25(10-12-26)16-5-3-2-4-6-16/h2-8,13H,9-12H2,1H3,(H,22,23,24). The maximum Gasteiger partial charge on any atom is 0.266 e. The van der Waals surface area contributed by atoms with E-state index in [0.717, 1.165) is 18.8 Å². The molecule has 1 aliphatic heterocycles. The van der Waals surface area contributed by atoms with Crippen LogP contribution >= 0.6 is 22.9 Å². The summed E-state index contributed by atoms with van der Waals surface area (Å²) in [7, 11) is 0. The Bertz CT molecular complexity index is 952. The number of hydrogen-bond donors (Lipinski definition) is 1. The Kier molecular flexibility index (Phi) is 5.45. The van der Waals surface area contributed by atoms with Crippen LogP contribution in [-0.2, 0) is 0 Å². The molecule has 0 atom stereocenters. The molecule has 1 aromatic carbocycles. The molecule has 144 valence electrons. The first kappa shape index (κ1) is 18.7. The van der Waals surface area contributed by atoms with Crippen molar-refractivity contribution >= 4 is 45.5 Å². The predicted octanol–water partition coefficient (Wildman–Crippen LogP) is 4.21. The molecule has 4 rings (SSSR count). The van der Waals surface area contributed by atoms with Crippen molar-refractivity contribution in [3.05, 3.63) is 64.3 Å². The summed E-state index contributed by atoms with van der Waals surface area (Å²) in [5, 5.41) is 4.36. The minimum Gasteiger partial charge on any atom is -0.368 e. The highest BCUT2D eigenvalue weighted by molar-refractivity contribution is 7.17. The van der Waals surface area contributed by atoms with E-state index < -0.39 is 0 Å². The molecule has 1 fully saturated rings. The summed E-state index contributed by atoms with van der Waals surface area (Å²) in [5.41, 5.74) is 1.93. The molecule has 8 heteroatoms. The van der Waals surface area contributed by atoms with E-state index in [1.54, 1.807) is 18.3 Å². The molecular weight excluding hydrogens is 394 g/mol. The highest BCUT2D eigenvalue weighted by atomic mass is 35.5. The molecule has 1 amide bonds. The number of nitrogens with one attached hydrogen (secondary N) is 1. The van der Waals surface area contributed by atoms with Crippen LogP contribution in [0.2, 0.25) is 5.02 Å². The number of rotatable bonds is 4. The van der Waals surface area contributed by atoms with Gasteiger partial charge in [0.05, 0.1) is 10.7 Å². The number of pyridine rings is 1. The van der Waals surface area contributed by atoms with E-state index in [0.29, 0.717) is 33.9 Å². The van der Waals surface area contributed by atoms with Crippen LogP contribution in [0.25, 0.3) is 0 Å². The van der Waals surface area contributed by atoms with Crippen molar-refractivity contribution in [3.63, 3.8) is 0 Å². The van der Waals surface area contributed by atoms with Gasteiger partial charge in [-0.2, -0.15) is 0 Å². The number of nitrogens with zero attached hydrogens (tertiary/aromatic N) is 4. The highest BCUT2D eigenvalue weighted by Crippen LogP contribution is 2.27. The van der Waals surface area contributed by atoms with Gasteiger partial charge in [-0.25, -0.2) is 9.97 Å². The fraction of sp³-hybridized carbons (Fsp3) is 0.250. The lowest BCUT2D eigenvalue weighted by molar-refractivity contribution is 0.0750. The van der Waals surface area contributed by atoms with Crippen LogP contribution < -0.4 is 10.2 Å². The molecule has 2 aromatic heterocycles. The topological polar surface area (TPSA) is 61.4 Å². The molecule has 0 saturated carbocycles. The van der Waals surface area contributed by atoms with Gasteiger partial charge >= 0.3 is 0 Å². The van der Waals surface area contributed by atoms with E-state index in [1.807, 2.05) is 30.0 Å². The molecule has 0 unspecified atom stereocenters. The third-order valence-electron chi connectivity index (χ3n) is 4.64. The third kappa shape index (κ3) is 4.10.